The standard InChI is InChI=1S/C7H6N2.C2H6/c1-2-5-9-6-4-8-7(9)3-1;1-2/h1-6H;1-2H3/p+1. The molecule has 0 fully saturated rings. The van der Waals surface area contributed by atoms with Gasteiger partial charge in [0.1, 0.15) is 12.4 Å². The van der Waals surface area contributed by atoms with E-state index < -0.39 is 0 Å². The molecule has 0 aliphatic heterocycles. The maximum absolute atomic E-state index is 3.08. The second kappa shape index (κ2) is 3.76. The van der Waals surface area contributed by atoms with Gasteiger partial charge in [-0.1, -0.05) is 19.9 Å². The summed E-state index contributed by atoms with van der Waals surface area (Å²) in [6.45, 7) is 4.00. The molecular formula is C9H13N2+. The van der Waals surface area contributed by atoms with Gasteiger partial charge in [-0.2, -0.15) is 0 Å². The Kier molecular flexibility index (Phi) is 2.66. The van der Waals surface area contributed by atoms with Gasteiger partial charge >= 0.3 is 0 Å². The third-order valence-electron chi connectivity index (χ3n) is 1.36. The van der Waals surface area contributed by atoms with Crippen LogP contribution < -0.4 is 4.40 Å². The molecule has 0 saturated carbocycles. The van der Waals surface area contributed by atoms with Crippen LogP contribution in [0.25, 0.3) is 5.65 Å². The fraction of sp³-hybridized carbons (Fsp3) is 0.222. The zero-order valence-electron chi connectivity index (χ0n) is 6.91. The Labute approximate surface area is 66.5 Å². The van der Waals surface area contributed by atoms with E-state index >= 15 is 0 Å². The monoisotopic (exact) mass is 149 g/mol. The van der Waals surface area contributed by atoms with Crippen LogP contribution in [0.1, 0.15) is 13.8 Å². The zero-order valence-corrected chi connectivity index (χ0v) is 6.91. The lowest BCUT2D eigenvalue weighted by molar-refractivity contribution is -0.509. The number of H-pyrrole nitrogens is 1. The Balaban J connectivity index is 0.000000281. The Morgan fingerprint density at radius 2 is 2.00 bits per heavy atom. The number of rotatable bonds is 0. The number of nitrogens with one attached hydrogen (secondary N) is 1. The summed E-state index contributed by atoms with van der Waals surface area (Å²) in [6, 6.07) is 6.03. The van der Waals surface area contributed by atoms with Crippen molar-refractivity contribution in [1.29, 1.82) is 0 Å². The van der Waals surface area contributed by atoms with Gasteiger partial charge in [-0.25, -0.2) is 9.38 Å². The molecule has 0 saturated heterocycles. The van der Waals surface area contributed by atoms with Gasteiger partial charge in [-0.3, -0.25) is 0 Å². The molecule has 2 heteroatoms. The summed E-state index contributed by atoms with van der Waals surface area (Å²) in [5.74, 6) is 0. The van der Waals surface area contributed by atoms with Gasteiger partial charge in [0.15, 0.2) is 0 Å². The predicted octanol–water partition coefficient (Wildman–Crippen LogP) is 1.78. The van der Waals surface area contributed by atoms with Crippen LogP contribution in [-0.4, -0.2) is 4.98 Å². The highest BCUT2D eigenvalue weighted by atomic mass is 15.0. The molecule has 0 amide bonds. The molecule has 1 N–H and O–H groups in total. The molecule has 0 radical (unpaired) electrons. The Morgan fingerprint density at radius 1 is 1.18 bits per heavy atom. The van der Waals surface area contributed by atoms with Crippen LogP contribution in [0.15, 0.2) is 36.8 Å². The van der Waals surface area contributed by atoms with E-state index in [1.54, 1.807) is 0 Å². The van der Waals surface area contributed by atoms with E-state index in [1.165, 1.54) is 0 Å². The second-order valence-electron chi connectivity index (χ2n) is 1.95. The molecule has 58 valence electrons. The molecule has 0 atom stereocenters. The summed E-state index contributed by atoms with van der Waals surface area (Å²) >= 11 is 0. The lowest BCUT2D eigenvalue weighted by Crippen LogP contribution is -2.15. The zero-order chi connectivity index (χ0) is 8.10. The van der Waals surface area contributed by atoms with Crippen LogP contribution in [0.3, 0.4) is 0 Å². The van der Waals surface area contributed by atoms with Gasteiger partial charge < -0.3 is 0 Å². The van der Waals surface area contributed by atoms with Gasteiger partial charge in [0.2, 0.25) is 0 Å². The molecule has 0 bridgehead atoms. The minimum absolute atomic E-state index is 1.12. The summed E-state index contributed by atoms with van der Waals surface area (Å²) in [5.41, 5.74) is 1.12. The van der Waals surface area contributed by atoms with E-state index in [0.717, 1.165) is 5.65 Å². The number of fused-ring (bicyclic) bond motifs is 1. The van der Waals surface area contributed by atoms with E-state index in [-0.39, 0.29) is 0 Å². The van der Waals surface area contributed by atoms with Crippen molar-refractivity contribution in [3.63, 3.8) is 0 Å². The van der Waals surface area contributed by atoms with Crippen molar-refractivity contribution in [1.82, 2.24) is 4.98 Å². The summed E-state index contributed by atoms with van der Waals surface area (Å²) < 4.78 is 2.03. The van der Waals surface area contributed by atoms with Gasteiger partial charge in [-0.15, -0.1) is 0 Å². The number of aromatic amines is 1. The Bertz CT molecular complexity index is 282. The Morgan fingerprint density at radius 3 is 2.73 bits per heavy atom. The smallest absolute Gasteiger partial charge is 0.243 e. The van der Waals surface area contributed by atoms with Crippen LogP contribution in [0.2, 0.25) is 0 Å². The van der Waals surface area contributed by atoms with Crippen molar-refractivity contribution < 1.29 is 4.40 Å². The average Bonchev–Trinajstić information content (AvgIpc) is 2.55. The molecule has 0 aromatic carbocycles. The number of pyridine rings is 1. The molecule has 11 heavy (non-hydrogen) atoms. The van der Waals surface area contributed by atoms with Crippen molar-refractivity contribution >= 4 is 5.65 Å². The third kappa shape index (κ3) is 1.58. The highest BCUT2D eigenvalue weighted by Gasteiger charge is 1.94. The van der Waals surface area contributed by atoms with E-state index in [1.807, 2.05) is 55.0 Å². The maximum atomic E-state index is 3.08. The normalized spacial score (nSPS) is 8.91. The summed E-state index contributed by atoms with van der Waals surface area (Å²) in [6.07, 6.45) is 5.90. The minimum atomic E-state index is 1.12. The maximum Gasteiger partial charge on any atom is 0.283 e. The SMILES string of the molecule is CC.c1cc[n+]2cc[nH]c2c1. The first kappa shape index (κ1) is 7.79. The number of hydrogen-bond acceptors (Lipinski definition) is 0. The molecule has 2 heterocycles. The lowest BCUT2D eigenvalue weighted by atomic mass is 10.5. The van der Waals surface area contributed by atoms with Crippen LogP contribution >= 0.6 is 0 Å². The van der Waals surface area contributed by atoms with Crippen molar-refractivity contribution in [2.45, 2.75) is 13.8 Å². The van der Waals surface area contributed by atoms with E-state index in [0.29, 0.717) is 0 Å². The molecular weight excluding hydrogens is 136 g/mol. The summed E-state index contributed by atoms with van der Waals surface area (Å²) in [5, 5.41) is 0. The second-order valence-corrected chi connectivity index (χ2v) is 1.95. The molecule has 2 aromatic rings. The van der Waals surface area contributed by atoms with Gasteiger partial charge in [-0.05, 0) is 6.07 Å². The quantitative estimate of drug-likeness (QED) is 0.551. The molecule has 0 unspecified atom stereocenters. The molecule has 2 aromatic heterocycles. The summed E-state index contributed by atoms with van der Waals surface area (Å²) in [4.78, 5) is 3.08. The van der Waals surface area contributed by atoms with Gasteiger partial charge in [0, 0.05) is 6.07 Å². The van der Waals surface area contributed by atoms with Crippen LogP contribution in [-0.2, 0) is 0 Å². The number of aromatic nitrogens is 2. The average molecular weight is 149 g/mol. The molecule has 0 aliphatic carbocycles. The van der Waals surface area contributed by atoms with Crippen LogP contribution in [0.4, 0.5) is 0 Å². The van der Waals surface area contributed by atoms with Crippen molar-refractivity contribution in [2.24, 2.45) is 0 Å². The first-order valence-corrected chi connectivity index (χ1v) is 3.90. The van der Waals surface area contributed by atoms with Crippen molar-refractivity contribution in [3.05, 3.63) is 36.8 Å². The third-order valence-corrected chi connectivity index (χ3v) is 1.36. The lowest BCUT2D eigenvalue weighted by Gasteiger charge is -1.78. The number of hydrogen-bond donors (Lipinski definition) is 1. The largest absolute Gasteiger partial charge is 0.283 e. The van der Waals surface area contributed by atoms with E-state index in [9.17, 15) is 0 Å². The highest BCUT2D eigenvalue weighted by Crippen LogP contribution is 1.87. The topological polar surface area (TPSA) is 19.9 Å². The number of imidazole rings is 1. The molecule has 0 aliphatic rings. The fourth-order valence-electron chi connectivity index (χ4n) is 0.911. The van der Waals surface area contributed by atoms with Crippen LogP contribution in [0.5, 0.6) is 0 Å². The highest BCUT2D eigenvalue weighted by molar-refractivity contribution is 5.26. The first-order valence-electron chi connectivity index (χ1n) is 3.90. The predicted molar refractivity (Wildman–Crippen MR) is 45.3 cm³/mol. The number of nitrogens with zero attached hydrogens (tertiary/aromatic N) is 1. The molecule has 2 rings (SSSR count). The van der Waals surface area contributed by atoms with E-state index in [4.69, 9.17) is 0 Å². The molecule has 0 spiro atoms. The van der Waals surface area contributed by atoms with Gasteiger partial charge in [0.25, 0.3) is 5.65 Å². The molecule has 2 nitrogen and oxygen atoms in total. The van der Waals surface area contributed by atoms with Gasteiger partial charge in [0.05, 0.1) is 6.20 Å². The first-order chi connectivity index (χ1) is 5.47. The van der Waals surface area contributed by atoms with Crippen LogP contribution in [0, 0.1) is 0 Å². The Hall–Kier alpha value is -1.31. The van der Waals surface area contributed by atoms with Crippen molar-refractivity contribution in [3.8, 4) is 0 Å². The summed E-state index contributed by atoms with van der Waals surface area (Å²) in [7, 11) is 0. The van der Waals surface area contributed by atoms with E-state index in [2.05, 4.69) is 4.98 Å². The van der Waals surface area contributed by atoms with Crippen molar-refractivity contribution in [2.75, 3.05) is 0 Å². The fourth-order valence-corrected chi connectivity index (χ4v) is 0.911. The minimum Gasteiger partial charge on any atom is -0.243 e.